The van der Waals surface area contributed by atoms with Crippen molar-refractivity contribution in [1.29, 1.82) is 0 Å². The highest BCUT2D eigenvalue weighted by Gasteiger charge is 2.26. The minimum absolute atomic E-state index is 0.0418. The Labute approximate surface area is 140 Å². The summed E-state index contributed by atoms with van der Waals surface area (Å²) in [6.45, 7) is 1.93. The summed E-state index contributed by atoms with van der Waals surface area (Å²) in [7, 11) is -2.30. The van der Waals surface area contributed by atoms with E-state index in [2.05, 4.69) is 5.32 Å². The van der Waals surface area contributed by atoms with E-state index in [-0.39, 0.29) is 10.8 Å². The Bertz CT molecular complexity index is 978. The van der Waals surface area contributed by atoms with Crippen molar-refractivity contribution >= 4 is 33.3 Å². The van der Waals surface area contributed by atoms with E-state index in [4.69, 9.17) is 9.88 Å². The molecule has 2 aromatic carbocycles. The van der Waals surface area contributed by atoms with Crippen LogP contribution in [0.4, 0.5) is 5.69 Å². The number of hydrogen-bond donors (Lipinski definition) is 2. The maximum absolute atomic E-state index is 12.3. The summed E-state index contributed by atoms with van der Waals surface area (Å²) in [5.74, 6) is 0.317. The molecule has 0 radical (unpaired) electrons. The number of sulfonamides is 1. The predicted molar refractivity (Wildman–Crippen MR) is 92.0 cm³/mol. The second-order valence-electron chi connectivity index (χ2n) is 5.51. The van der Waals surface area contributed by atoms with Crippen LogP contribution in [0, 0.1) is 6.92 Å². The summed E-state index contributed by atoms with van der Waals surface area (Å²) < 4.78 is 28.4. The Morgan fingerprint density at radius 1 is 1.17 bits per heavy atom. The van der Waals surface area contributed by atoms with Gasteiger partial charge in [-0.15, -0.1) is 0 Å². The molecule has 3 rings (SSSR count). The average Bonchev–Trinajstić information content (AvgIpc) is 2.82. The van der Waals surface area contributed by atoms with E-state index >= 15 is 0 Å². The summed E-state index contributed by atoms with van der Waals surface area (Å²) in [6, 6.07) is 9.90. The summed E-state index contributed by atoms with van der Waals surface area (Å²) in [5, 5.41) is 7.89. The Morgan fingerprint density at radius 3 is 2.58 bits per heavy atom. The van der Waals surface area contributed by atoms with Gasteiger partial charge < -0.3 is 10.1 Å². The zero-order chi connectivity index (χ0) is 17.5. The largest absolute Gasteiger partial charge is 0.496 e. The number of aryl methyl sites for hydroxylation is 1. The smallest absolute Gasteiger partial charge is 0.256 e. The molecule has 1 heterocycles. The first-order valence-corrected chi connectivity index (χ1v) is 8.69. The number of benzene rings is 2. The van der Waals surface area contributed by atoms with Gasteiger partial charge in [-0.3, -0.25) is 4.79 Å². The minimum Gasteiger partial charge on any atom is -0.496 e. The van der Waals surface area contributed by atoms with Crippen LogP contribution < -0.4 is 15.2 Å². The summed E-state index contributed by atoms with van der Waals surface area (Å²) in [4.78, 5) is 12.2. The molecule has 3 N–H and O–H groups in total. The second-order valence-corrected chi connectivity index (χ2v) is 7.07. The van der Waals surface area contributed by atoms with Crippen molar-refractivity contribution in [1.82, 2.24) is 0 Å². The number of methoxy groups -OCH3 is 1. The Hall–Kier alpha value is -2.64. The summed E-state index contributed by atoms with van der Waals surface area (Å²) in [5.41, 5.74) is 3.15. The zero-order valence-electron chi connectivity index (χ0n) is 13.2. The maximum Gasteiger partial charge on any atom is 0.256 e. The molecule has 0 fully saturated rings. The normalized spacial score (nSPS) is 15.3. The van der Waals surface area contributed by atoms with Crippen LogP contribution in [0.2, 0.25) is 0 Å². The molecule has 0 atom stereocenters. The molecule has 0 aromatic heterocycles. The fourth-order valence-electron chi connectivity index (χ4n) is 2.61. The van der Waals surface area contributed by atoms with Crippen LogP contribution in [0.3, 0.4) is 0 Å². The van der Waals surface area contributed by atoms with E-state index in [1.807, 2.05) is 25.1 Å². The van der Waals surface area contributed by atoms with Gasteiger partial charge >= 0.3 is 0 Å². The first-order valence-electron chi connectivity index (χ1n) is 7.14. The molecular formula is C17H16N2O4S. The van der Waals surface area contributed by atoms with Crippen LogP contribution in [0.25, 0.3) is 11.6 Å². The molecule has 24 heavy (non-hydrogen) atoms. The Morgan fingerprint density at radius 2 is 1.92 bits per heavy atom. The lowest BCUT2D eigenvalue weighted by atomic mass is 10.0. The monoisotopic (exact) mass is 344 g/mol. The molecule has 0 bridgehead atoms. The van der Waals surface area contributed by atoms with Crippen molar-refractivity contribution < 1.29 is 17.9 Å². The van der Waals surface area contributed by atoms with E-state index in [1.54, 1.807) is 13.2 Å². The molecule has 7 heteroatoms. The van der Waals surface area contributed by atoms with Crippen LogP contribution >= 0.6 is 0 Å². The number of fused-ring (bicyclic) bond motifs is 1. The van der Waals surface area contributed by atoms with Gasteiger partial charge in [0.2, 0.25) is 10.0 Å². The molecule has 0 spiro atoms. The van der Waals surface area contributed by atoms with Gasteiger partial charge in [-0.25, -0.2) is 13.6 Å². The predicted octanol–water partition coefficient (Wildman–Crippen LogP) is 2.14. The number of amides is 1. The lowest BCUT2D eigenvalue weighted by Crippen LogP contribution is -2.12. The van der Waals surface area contributed by atoms with E-state index in [0.717, 1.165) is 11.1 Å². The van der Waals surface area contributed by atoms with Crippen molar-refractivity contribution in [2.75, 3.05) is 12.4 Å². The van der Waals surface area contributed by atoms with E-state index in [9.17, 15) is 13.2 Å². The number of nitrogens with two attached hydrogens (primary N) is 1. The Kier molecular flexibility index (Phi) is 3.90. The van der Waals surface area contributed by atoms with Crippen LogP contribution in [0.15, 0.2) is 41.3 Å². The average molecular weight is 344 g/mol. The minimum atomic E-state index is -3.85. The molecule has 2 aromatic rings. The SMILES string of the molecule is COc1ccc(C)cc1C=C1C(=O)Nc2ccc(S(N)(=O)=O)cc21. The highest BCUT2D eigenvalue weighted by Crippen LogP contribution is 2.36. The summed E-state index contributed by atoms with van der Waals surface area (Å²) in [6.07, 6.45) is 1.68. The van der Waals surface area contributed by atoms with Crippen molar-refractivity contribution in [3.05, 3.63) is 53.1 Å². The van der Waals surface area contributed by atoms with Gasteiger partial charge in [0.1, 0.15) is 5.75 Å². The zero-order valence-corrected chi connectivity index (χ0v) is 14.0. The van der Waals surface area contributed by atoms with Crippen LogP contribution in [0.1, 0.15) is 16.7 Å². The van der Waals surface area contributed by atoms with Crippen molar-refractivity contribution in [2.24, 2.45) is 5.14 Å². The van der Waals surface area contributed by atoms with Crippen LogP contribution in [0.5, 0.6) is 5.75 Å². The van der Waals surface area contributed by atoms with Gasteiger partial charge in [0, 0.05) is 22.4 Å². The van der Waals surface area contributed by atoms with E-state index in [1.165, 1.54) is 18.2 Å². The van der Waals surface area contributed by atoms with Crippen molar-refractivity contribution in [2.45, 2.75) is 11.8 Å². The number of nitrogens with one attached hydrogen (secondary N) is 1. The Balaban J connectivity index is 2.18. The van der Waals surface area contributed by atoms with Crippen molar-refractivity contribution in [3.8, 4) is 5.75 Å². The first-order chi connectivity index (χ1) is 11.3. The van der Waals surface area contributed by atoms with Gasteiger partial charge in [-0.05, 0) is 43.3 Å². The summed E-state index contributed by atoms with van der Waals surface area (Å²) >= 11 is 0. The number of primary sulfonamides is 1. The van der Waals surface area contributed by atoms with Gasteiger partial charge in [-0.2, -0.15) is 0 Å². The molecule has 1 aliphatic rings. The molecular weight excluding hydrogens is 328 g/mol. The number of ether oxygens (including phenoxy) is 1. The van der Waals surface area contributed by atoms with Crippen LogP contribution in [-0.4, -0.2) is 21.4 Å². The second kappa shape index (κ2) is 5.77. The number of anilines is 1. The quantitative estimate of drug-likeness (QED) is 0.834. The molecule has 6 nitrogen and oxygen atoms in total. The number of carbonyl (C=O) groups excluding carboxylic acids is 1. The molecule has 0 saturated heterocycles. The topological polar surface area (TPSA) is 98.5 Å². The lowest BCUT2D eigenvalue weighted by Gasteiger charge is -2.07. The lowest BCUT2D eigenvalue weighted by molar-refractivity contribution is -0.110. The third-order valence-corrected chi connectivity index (χ3v) is 4.70. The number of hydrogen-bond acceptors (Lipinski definition) is 4. The molecule has 1 amide bonds. The number of rotatable bonds is 3. The van der Waals surface area contributed by atoms with Gasteiger partial charge in [-0.1, -0.05) is 11.6 Å². The molecule has 124 valence electrons. The fourth-order valence-corrected chi connectivity index (χ4v) is 3.15. The maximum atomic E-state index is 12.3. The molecule has 0 saturated carbocycles. The molecule has 0 unspecified atom stereocenters. The van der Waals surface area contributed by atoms with Gasteiger partial charge in [0.05, 0.1) is 12.0 Å². The van der Waals surface area contributed by atoms with Gasteiger partial charge in [0.25, 0.3) is 5.91 Å². The highest BCUT2D eigenvalue weighted by molar-refractivity contribution is 7.89. The van der Waals surface area contributed by atoms with Crippen molar-refractivity contribution in [3.63, 3.8) is 0 Å². The van der Waals surface area contributed by atoms with Gasteiger partial charge in [0.15, 0.2) is 0 Å². The first kappa shape index (κ1) is 16.2. The molecule has 0 aliphatic carbocycles. The van der Waals surface area contributed by atoms with Crippen LogP contribution in [-0.2, 0) is 14.8 Å². The number of carbonyl (C=O) groups is 1. The van der Waals surface area contributed by atoms with E-state index in [0.29, 0.717) is 22.6 Å². The third-order valence-electron chi connectivity index (χ3n) is 3.79. The fraction of sp³-hybridized carbons (Fsp3) is 0.118. The standard InChI is InChI=1S/C17H16N2O4S/c1-10-3-6-16(23-2)11(7-10)8-14-13-9-12(24(18,21)22)4-5-15(13)19-17(14)20/h3-9H,1-2H3,(H,19,20)(H2,18,21,22). The highest BCUT2D eigenvalue weighted by atomic mass is 32.2. The third kappa shape index (κ3) is 2.91. The molecule has 1 aliphatic heterocycles. The van der Waals surface area contributed by atoms with E-state index < -0.39 is 10.0 Å².